The molecule has 0 unspecified atom stereocenters. The molecule has 0 bridgehead atoms. The van der Waals surface area contributed by atoms with Gasteiger partial charge in [-0.1, -0.05) is 5.16 Å². The third-order valence-electron chi connectivity index (χ3n) is 5.09. The van der Waals surface area contributed by atoms with Gasteiger partial charge in [-0.3, -0.25) is 0 Å². The number of hydrogen-bond acceptors (Lipinski definition) is 7. The number of hydrogen-bond donors (Lipinski definition) is 1. The fourth-order valence-electron chi connectivity index (χ4n) is 3.66. The van der Waals surface area contributed by atoms with Gasteiger partial charge in [-0.15, -0.1) is 0 Å². The van der Waals surface area contributed by atoms with Crippen LogP contribution < -0.4 is 5.32 Å². The van der Waals surface area contributed by atoms with E-state index in [0.717, 1.165) is 48.7 Å². The van der Waals surface area contributed by atoms with Crippen LogP contribution in [0.3, 0.4) is 0 Å². The van der Waals surface area contributed by atoms with Crippen molar-refractivity contribution in [1.82, 2.24) is 30.2 Å². The maximum Gasteiger partial charge on any atom is 0.235 e. The van der Waals surface area contributed by atoms with Gasteiger partial charge in [0, 0.05) is 24.6 Å². The summed E-state index contributed by atoms with van der Waals surface area (Å²) in [6.45, 7) is 6.38. The summed E-state index contributed by atoms with van der Waals surface area (Å²) >= 11 is 0. The summed E-state index contributed by atoms with van der Waals surface area (Å²) in [5.74, 6) is 1.96. The van der Waals surface area contributed by atoms with Crippen molar-refractivity contribution in [2.75, 3.05) is 26.8 Å². The highest BCUT2D eigenvalue weighted by Gasteiger charge is 2.39. The second-order valence-electron chi connectivity index (χ2n) is 7.13. The molecule has 0 amide bonds. The second-order valence-corrected chi connectivity index (χ2v) is 7.13. The second kappa shape index (κ2) is 7.21. The monoisotopic (exact) mass is 368 g/mol. The van der Waals surface area contributed by atoms with Crippen molar-refractivity contribution in [2.24, 2.45) is 0 Å². The number of pyridine rings is 1. The smallest absolute Gasteiger partial charge is 0.235 e. The van der Waals surface area contributed by atoms with Crippen molar-refractivity contribution in [2.45, 2.75) is 32.1 Å². The zero-order chi connectivity index (χ0) is 18.9. The fraction of sp³-hybridized carbons (Fsp3) is 0.474. The molecule has 1 fully saturated rings. The van der Waals surface area contributed by atoms with Crippen LogP contribution >= 0.6 is 0 Å². The maximum absolute atomic E-state index is 5.64. The molecule has 0 atom stereocenters. The summed E-state index contributed by atoms with van der Waals surface area (Å²) in [4.78, 5) is 9.19. The minimum absolute atomic E-state index is 0.220. The lowest BCUT2D eigenvalue weighted by molar-refractivity contribution is 0.0850. The summed E-state index contributed by atoms with van der Waals surface area (Å²) < 4.78 is 12.9. The topological polar surface area (TPSA) is 90.9 Å². The van der Waals surface area contributed by atoms with Crippen molar-refractivity contribution in [1.29, 1.82) is 0 Å². The van der Waals surface area contributed by atoms with E-state index in [1.165, 1.54) is 0 Å². The van der Waals surface area contributed by atoms with Crippen LogP contribution in [0.25, 0.3) is 17.2 Å². The summed E-state index contributed by atoms with van der Waals surface area (Å²) in [5.41, 5.74) is 2.60. The van der Waals surface area contributed by atoms with Gasteiger partial charge in [-0.05, 0) is 58.0 Å². The zero-order valence-electron chi connectivity index (χ0n) is 15.9. The molecule has 0 saturated carbocycles. The molecule has 3 aromatic rings. The Labute approximate surface area is 157 Å². The van der Waals surface area contributed by atoms with Crippen LogP contribution in [-0.2, 0) is 10.2 Å². The summed E-state index contributed by atoms with van der Waals surface area (Å²) in [6, 6.07) is 5.88. The quantitative estimate of drug-likeness (QED) is 0.738. The van der Waals surface area contributed by atoms with Crippen molar-refractivity contribution in [3.8, 4) is 17.2 Å². The average molecular weight is 368 g/mol. The number of nitrogens with zero attached hydrogens (tertiary/aromatic N) is 5. The van der Waals surface area contributed by atoms with Crippen molar-refractivity contribution in [3.63, 3.8) is 0 Å². The third kappa shape index (κ3) is 3.38. The third-order valence-corrected chi connectivity index (χ3v) is 5.09. The van der Waals surface area contributed by atoms with Crippen LogP contribution in [0.2, 0.25) is 0 Å². The molecular formula is C19H24N6O2. The van der Waals surface area contributed by atoms with E-state index in [0.29, 0.717) is 18.3 Å². The molecule has 0 spiro atoms. The summed E-state index contributed by atoms with van der Waals surface area (Å²) in [6.07, 6.45) is 3.58. The van der Waals surface area contributed by atoms with E-state index < -0.39 is 0 Å². The number of nitrogens with one attached hydrogen (secondary N) is 1. The van der Waals surface area contributed by atoms with Crippen LogP contribution in [0.4, 0.5) is 0 Å². The highest BCUT2D eigenvalue weighted by atomic mass is 16.5. The molecule has 1 aliphatic heterocycles. The van der Waals surface area contributed by atoms with Gasteiger partial charge in [-0.2, -0.15) is 10.1 Å². The van der Waals surface area contributed by atoms with Crippen LogP contribution in [-0.4, -0.2) is 51.7 Å². The Balaban J connectivity index is 1.60. The molecule has 27 heavy (non-hydrogen) atoms. The van der Waals surface area contributed by atoms with E-state index in [1.54, 1.807) is 13.3 Å². The Hall–Kier alpha value is -2.58. The number of piperidine rings is 1. The lowest BCUT2D eigenvalue weighted by Crippen LogP contribution is -2.43. The molecule has 0 aliphatic carbocycles. The Bertz CT molecular complexity index is 903. The van der Waals surface area contributed by atoms with Gasteiger partial charge < -0.3 is 14.6 Å². The predicted octanol–water partition coefficient (Wildman–Crippen LogP) is 2.20. The van der Waals surface area contributed by atoms with Gasteiger partial charge in [0.2, 0.25) is 11.7 Å². The van der Waals surface area contributed by atoms with E-state index in [4.69, 9.17) is 9.26 Å². The van der Waals surface area contributed by atoms with Gasteiger partial charge in [0.25, 0.3) is 0 Å². The minimum Gasteiger partial charge on any atom is -0.384 e. The number of methoxy groups -OCH3 is 1. The Kier molecular flexibility index (Phi) is 4.75. The molecular weight excluding hydrogens is 344 g/mol. The molecule has 8 nitrogen and oxygen atoms in total. The molecule has 8 heteroatoms. The SMILES string of the molecule is COCC1(c2nc(-c3ccc(-n4nc(C)cc4C)nc3)no2)CCNCC1. The molecule has 0 radical (unpaired) electrons. The van der Waals surface area contributed by atoms with Gasteiger partial charge in [0.15, 0.2) is 5.82 Å². The summed E-state index contributed by atoms with van der Waals surface area (Å²) in [7, 11) is 1.71. The Morgan fingerprint density at radius 3 is 2.70 bits per heavy atom. The molecule has 1 aliphatic rings. The minimum atomic E-state index is -0.220. The molecule has 1 N–H and O–H groups in total. The van der Waals surface area contributed by atoms with E-state index in [9.17, 15) is 0 Å². The van der Waals surface area contributed by atoms with E-state index in [-0.39, 0.29) is 5.41 Å². The first-order valence-corrected chi connectivity index (χ1v) is 9.15. The zero-order valence-corrected chi connectivity index (χ0v) is 15.9. The predicted molar refractivity (Wildman–Crippen MR) is 99.8 cm³/mol. The first-order chi connectivity index (χ1) is 13.1. The maximum atomic E-state index is 5.64. The number of aryl methyl sites for hydroxylation is 2. The van der Waals surface area contributed by atoms with Gasteiger partial charge in [0.05, 0.1) is 17.7 Å². The van der Waals surface area contributed by atoms with E-state index >= 15 is 0 Å². The Morgan fingerprint density at radius 1 is 1.26 bits per heavy atom. The van der Waals surface area contributed by atoms with E-state index in [2.05, 4.69) is 25.5 Å². The number of aromatic nitrogens is 5. The molecule has 142 valence electrons. The van der Waals surface area contributed by atoms with Crippen LogP contribution in [0, 0.1) is 13.8 Å². The number of rotatable bonds is 5. The van der Waals surface area contributed by atoms with Gasteiger partial charge in [0.1, 0.15) is 0 Å². The fourth-order valence-corrected chi connectivity index (χ4v) is 3.66. The highest BCUT2D eigenvalue weighted by Crippen LogP contribution is 2.33. The summed E-state index contributed by atoms with van der Waals surface area (Å²) in [5, 5.41) is 12.0. The van der Waals surface area contributed by atoms with Gasteiger partial charge in [-0.25, -0.2) is 9.67 Å². The average Bonchev–Trinajstić information content (AvgIpc) is 3.30. The van der Waals surface area contributed by atoms with Crippen LogP contribution in [0.5, 0.6) is 0 Å². The molecule has 1 saturated heterocycles. The highest BCUT2D eigenvalue weighted by molar-refractivity contribution is 5.54. The van der Waals surface area contributed by atoms with E-state index in [1.807, 2.05) is 36.7 Å². The van der Waals surface area contributed by atoms with Crippen molar-refractivity contribution < 1.29 is 9.26 Å². The first-order valence-electron chi connectivity index (χ1n) is 9.15. The van der Waals surface area contributed by atoms with Crippen LogP contribution in [0.15, 0.2) is 28.9 Å². The van der Waals surface area contributed by atoms with Crippen molar-refractivity contribution in [3.05, 3.63) is 41.7 Å². The number of ether oxygens (including phenoxy) is 1. The lowest BCUT2D eigenvalue weighted by Gasteiger charge is -2.33. The van der Waals surface area contributed by atoms with Crippen LogP contribution in [0.1, 0.15) is 30.1 Å². The Morgan fingerprint density at radius 2 is 2.07 bits per heavy atom. The standard InChI is InChI=1S/C19H24N6O2/c1-13-10-14(2)25(23-13)16-5-4-15(11-21-16)17-22-18(27-24-17)19(12-26-3)6-8-20-9-7-19/h4-5,10-11,20H,6-9,12H2,1-3H3. The molecule has 4 heterocycles. The normalized spacial score (nSPS) is 16.6. The largest absolute Gasteiger partial charge is 0.384 e. The molecule has 3 aromatic heterocycles. The first kappa shape index (κ1) is 17.8. The molecule has 0 aromatic carbocycles. The lowest BCUT2D eigenvalue weighted by atomic mass is 9.79. The van der Waals surface area contributed by atoms with Gasteiger partial charge >= 0.3 is 0 Å². The molecule has 4 rings (SSSR count). The van der Waals surface area contributed by atoms with Crippen molar-refractivity contribution >= 4 is 0 Å².